The molecule has 0 fully saturated rings. The molecule has 13 heteroatoms. The summed E-state index contributed by atoms with van der Waals surface area (Å²) < 4.78 is 47.5. The first-order valence-corrected chi connectivity index (χ1v) is 18.9. The van der Waals surface area contributed by atoms with E-state index in [1.54, 1.807) is 0 Å². The van der Waals surface area contributed by atoms with Gasteiger partial charge in [-0.05, 0) is 38.5 Å². The molecule has 0 aliphatic rings. The average molecular weight is 635 g/mol. The Labute approximate surface area is 238 Å². The minimum Gasteiger partial charge on any atom is -0.778 e. The smallest absolute Gasteiger partial charge is 0.778 e. The summed E-state index contributed by atoms with van der Waals surface area (Å²) in [4.78, 5) is 33.2. The molecular weight excluding hydrogens is 581 g/mol. The molecular formula is C24H54FeO9P3. The van der Waals surface area contributed by atoms with Gasteiger partial charge in [0.2, 0.25) is 0 Å². The molecule has 37 heavy (non-hydrogen) atoms. The molecule has 0 heterocycles. The van der Waals surface area contributed by atoms with Crippen LogP contribution in [-0.2, 0) is 44.3 Å². The van der Waals surface area contributed by atoms with Crippen molar-refractivity contribution in [3.05, 3.63) is 0 Å². The van der Waals surface area contributed by atoms with E-state index < -0.39 is 22.8 Å². The van der Waals surface area contributed by atoms with Gasteiger partial charge in [0.25, 0.3) is 0 Å². The Bertz CT molecular complexity index is 529. The van der Waals surface area contributed by atoms with Crippen LogP contribution in [0.15, 0.2) is 0 Å². The second-order valence-corrected chi connectivity index (χ2v) is 14.4. The quantitative estimate of drug-likeness (QED) is 0.0786. The van der Waals surface area contributed by atoms with Gasteiger partial charge in [-0.25, -0.2) is 0 Å². The molecule has 0 rings (SSSR count). The van der Waals surface area contributed by atoms with E-state index in [9.17, 15) is 28.4 Å². The van der Waals surface area contributed by atoms with Crippen molar-refractivity contribution in [3.8, 4) is 0 Å². The zero-order chi connectivity index (χ0) is 28.3. The third-order valence-corrected chi connectivity index (χ3v) is 9.03. The first kappa shape index (κ1) is 45.0. The van der Waals surface area contributed by atoms with Crippen LogP contribution in [0.3, 0.4) is 0 Å². The largest absolute Gasteiger partial charge is 3.00 e. The van der Waals surface area contributed by atoms with E-state index in [4.69, 9.17) is 13.6 Å². The number of rotatable bonds is 21. The van der Waals surface area contributed by atoms with Gasteiger partial charge >= 0.3 is 17.1 Å². The maximum absolute atomic E-state index is 11.1. The molecule has 0 aliphatic carbocycles. The summed E-state index contributed by atoms with van der Waals surface area (Å²) in [6.07, 6.45) is 10.7. The van der Waals surface area contributed by atoms with Crippen molar-refractivity contribution >= 4 is 22.8 Å². The Morgan fingerprint density at radius 1 is 0.432 bits per heavy atom. The van der Waals surface area contributed by atoms with Crippen LogP contribution in [0.1, 0.15) is 119 Å². The van der Waals surface area contributed by atoms with Gasteiger partial charge in [-0.15, -0.1) is 0 Å². The van der Waals surface area contributed by atoms with Gasteiger partial charge < -0.3 is 41.9 Å². The fourth-order valence-corrected chi connectivity index (χ4v) is 6.01. The van der Waals surface area contributed by atoms with Gasteiger partial charge in [-0.3, -0.25) is 0 Å². The van der Waals surface area contributed by atoms with Gasteiger partial charge in [-0.2, -0.15) is 0 Å². The molecule has 3 atom stereocenters. The van der Waals surface area contributed by atoms with Gasteiger partial charge in [-0.1, -0.05) is 80.1 Å². The van der Waals surface area contributed by atoms with Gasteiger partial charge in [0, 0.05) is 18.5 Å². The molecule has 1 radical (unpaired) electrons. The molecule has 0 saturated heterocycles. The van der Waals surface area contributed by atoms with Crippen LogP contribution in [0.5, 0.6) is 0 Å². The molecule has 9 nitrogen and oxygen atoms in total. The van der Waals surface area contributed by atoms with E-state index in [0.29, 0.717) is 39.1 Å². The maximum atomic E-state index is 11.1. The molecule has 227 valence electrons. The molecule has 0 aromatic rings. The van der Waals surface area contributed by atoms with E-state index in [1.165, 1.54) is 0 Å². The molecule has 0 amide bonds. The van der Waals surface area contributed by atoms with Crippen LogP contribution in [-0.4, -0.2) is 38.3 Å². The van der Waals surface area contributed by atoms with Crippen molar-refractivity contribution in [2.75, 3.05) is 38.3 Å². The van der Waals surface area contributed by atoms with Crippen LogP contribution < -0.4 is 14.7 Å². The van der Waals surface area contributed by atoms with E-state index >= 15 is 0 Å². The van der Waals surface area contributed by atoms with E-state index in [-0.39, 0.29) is 35.6 Å². The van der Waals surface area contributed by atoms with E-state index in [2.05, 4.69) is 0 Å². The van der Waals surface area contributed by atoms with Gasteiger partial charge in [0.1, 0.15) is 22.8 Å². The fourth-order valence-electron chi connectivity index (χ4n) is 2.29. The van der Waals surface area contributed by atoms with Crippen molar-refractivity contribution in [1.29, 1.82) is 0 Å². The van der Waals surface area contributed by atoms with E-state index in [0.717, 1.165) is 57.8 Å². The van der Waals surface area contributed by atoms with Crippen LogP contribution in [0.2, 0.25) is 0 Å². The summed E-state index contributed by atoms with van der Waals surface area (Å²) in [5, 5.41) is 0. The molecule has 0 bridgehead atoms. The predicted molar refractivity (Wildman–Crippen MR) is 145 cm³/mol. The molecule has 0 aromatic carbocycles. The van der Waals surface area contributed by atoms with Crippen LogP contribution in [0.25, 0.3) is 0 Å². The monoisotopic (exact) mass is 635 g/mol. The van der Waals surface area contributed by atoms with Crippen molar-refractivity contribution in [3.63, 3.8) is 0 Å². The van der Waals surface area contributed by atoms with Crippen LogP contribution in [0, 0.1) is 0 Å². The molecule has 0 spiro atoms. The predicted octanol–water partition coefficient (Wildman–Crippen LogP) is 6.47. The van der Waals surface area contributed by atoms with E-state index in [1.807, 2.05) is 41.5 Å². The second-order valence-electron chi connectivity index (χ2n) is 8.62. The molecule has 0 N–H and O–H groups in total. The zero-order valence-corrected chi connectivity index (χ0v) is 27.9. The number of hydrogen-bond donors (Lipinski definition) is 0. The molecule has 3 unspecified atom stereocenters. The van der Waals surface area contributed by atoms with Crippen molar-refractivity contribution in [1.82, 2.24) is 0 Å². The molecule has 0 aliphatic heterocycles. The molecule has 0 saturated carbocycles. The minimum atomic E-state index is -3.49. The third kappa shape index (κ3) is 39.2. The standard InChI is InChI=1S/3C8H19O3P.Fe/c3*1-3-5-7-11-12(9,10)8-6-4-2;/h3*3-8H2,1-2H3,(H,9,10);/q;;;+3/p-3. The minimum absolute atomic E-state index is 0. The van der Waals surface area contributed by atoms with Gasteiger partial charge in [0.05, 0.1) is 19.8 Å². The van der Waals surface area contributed by atoms with Crippen molar-refractivity contribution in [2.24, 2.45) is 0 Å². The summed E-state index contributed by atoms with van der Waals surface area (Å²) in [6.45, 7) is 13.0. The first-order chi connectivity index (χ1) is 16.9. The third-order valence-electron chi connectivity index (χ3n) is 4.71. The first-order valence-electron chi connectivity index (χ1n) is 13.7. The summed E-state index contributed by atoms with van der Waals surface area (Å²) in [7, 11) is -10.5. The fraction of sp³-hybridized carbons (Fsp3) is 1.00. The second kappa shape index (κ2) is 29.9. The Morgan fingerprint density at radius 3 is 0.784 bits per heavy atom. The normalized spacial score (nSPS) is 15.5. The van der Waals surface area contributed by atoms with Crippen LogP contribution in [0.4, 0.5) is 0 Å². The zero-order valence-electron chi connectivity index (χ0n) is 24.1. The number of unbranched alkanes of at least 4 members (excludes halogenated alkanes) is 6. The number of hydrogen-bond acceptors (Lipinski definition) is 9. The Kier molecular flexibility index (Phi) is 36.4. The van der Waals surface area contributed by atoms with Gasteiger partial charge in [0.15, 0.2) is 0 Å². The van der Waals surface area contributed by atoms with Crippen molar-refractivity contribution < 1.29 is 59.0 Å². The SMILES string of the molecule is CCCCOP(=O)([O-])CCCC.CCCCOP(=O)([O-])CCCC.CCCCOP(=O)([O-])CCCC.[Fe+3]. The summed E-state index contributed by atoms with van der Waals surface area (Å²) in [5.74, 6) is 0. The molecule has 0 aromatic heterocycles. The summed E-state index contributed by atoms with van der Waals surface area (Å²) in [6, 6.07) is 0. The Balaban J connectivity index is -0.000000218. The average Bonchev–Trinajstić information content (AvgIpc) is 2.81. The Morgan fingerprint density at radius 2 is 0.622 bits per heavy atom. The summed E-state index contributed by atoms with van der Waals surface area (Å²) in [5.41, 5.74) is 0. The van der Waals surface area contributed by atoms with Crippen LogP contribution >= 0.6 is 22.8 Å². The summed E-state index contributed by atoms with van der Waals surface area (Å²) >= 11 is 0. The Hall–Kier alpha value is 0.969. The van der Waals surface area contributed by atoms with Crippen molar-refractivity contribution in [2.45, 2.75) is 119 Å². The topological polar surface area (TPSA) is 148 Å². The maximum Gasteiger partial charge on any atom is 3.00 e.